The van der Waals surface area contributed by atoms with Crippen molar-refractivity contribution >= 4 is 29.5 Å². The van der Waals surface area contributed by atoms with Gasteiger partial charge in [-0.25, -0.2) is 14.0 Å². The lowest BCUT2D eigenvalue weighted by atomic mass is 10.2. The molecule has 0 saturated heterocycles. The Morgan fingerprint density at radius 2 is 1.58 bits per heavy atom. The van der Waals surface area contributed by atoms with Crippen LogP contribution >= 0.6 is 11.6 Å². The van der Waals surface area contributed by atoms with Crippen molar-refractivity contribution in [1.82, 2.24) is 0 Å². The normalized spacial score (nSPS) is 11.7. The molecule has 0 saturated carbocycles. The van der Waals surface area contributed by atoms with Crippen molar-refractivity contribution in [2.45, 2.75) is 52.7 Å². The zero-order chi connectivity index (χ0) is 18.7. The highest BCUT2D eigenvalue weighted by Crippen LogP contribution is 2.31. The molecule has 134 valence electrons. The molecule has 0 unspecified atom stereocenters. The molecule has 0 aliphatic rings. The number of amides is 1. The molecule has 8 heteroatoms. The molecule has 1 rings (SSSR count). The molecule has 1 aromatic rings. The van der Waals surface area contributed by atoms with Crippen LogP contribution in [-0.2, 0) is 9.47 Å². The summed E-state index contributed by atoms with van der Waals surface area (Å²) in [6, 6.07) is 1.99. The van der Waals surface area contributed by atoms with Crippen molar-refractivity contribution in [3.63, 3.8) is 0 Å². The minimum atomic E-state index is -1.02. The maximum absolute atomic E-state index is 14.1. The van der Waals surface area contributed by atoms with Gasteiger partial charge in [-0.05, 0) is 47.6 Å². The predicted molar refractivity (Wildman–Crippen MR) is 88.1 cm³/mol. The first-order valence-electron chi connectivity index (χ1n) is 7.17. The van der Waals surface area contributed by atoms with Crippen LogP contribution in [0.25, 0.3) is 0 Å². The second kappa shape index (κ2) is 7.25. The quantitative estimate of drug-likeness (QED) is 0.583. The zero-order valence-electron chi connectivity index (χ0n) is 14.5. The summed E-state index contributed by atoms with van der Waals surface area (Å²) in [7, 11) is 0. The van der Waals surface area contributed by atoms with Gasteiger partial charge in [-0.15, -0.1) is 0 Å². The van der Waals surface area contributed by atoms with E-state index in [2.05, 4.69) is 5.32 Å². The molecule has 0 aliphatic carbocycles. The summed E-state index contributed by atoms with van der Waals surface area (Å²) in [5, 5.41) is 2.16. The lowest BCUT2D eigenvalue weighted by Gasteiger charge is -2.20. The molecule has 0 heterocycles. The van der Waals surface area contributed by atoms with E-state index >= 15 is 0 Å². The van der Waals surface area contributed by atoms with Crippen LogP contribution in [0.4, 0.5) is 19.7 Å². The van der Waals surface area contributed by atoms with Gasteiger partial charge in [0.2, 0.25) is 0 Å². The Hall–Kier alpha value is -2.02. The van der Waals surface area contributed by atoms with E-state index in [9.17, 15) is 14.0 Å². The molecule has 0 aromatic heterocycles. The number of carbonyl (C=O) groups excluding carboxylic acids is 2. The molecule has 1 amide bonds. The van der Waals surface area contributed by atoms with Crippen LogP contribution in [0.1, 0.15) is 41.5 Å². The van der Waals surface area contributed by atoms with E-state index in [0.29, 0.717) is 0 Å². The van der Waals surface area contributed by atoms with Crippen molar-refractivity contribution in [1.29, 1.82) is 0 Å². The van der Waals surface area contributed by atoms with E-state index in [1.165, 1.54) is 0 Å². The molecule has 6 nitrogen and oxygen atoms in total. The Morgan fingerprint density at radius 1 is 1.04 bits per heavy atom. The molecule has 0 spiro atoms. The smallest absolute Gasteiger partial charge is 0.444 e. The third-order valence-corrected chi connectivity index (χ3v) is 2.54. The Bertz CT molecular complexity index is 579. The summed E-state index contributed by atoms with van der Waals surface area (Å²) in [6.45, 7) is 9.99. The summed E-state index contributed by atoms with van der Waals surface area (Å²) < 4.78 is 28.9. The van der Waals surface area contributed by atoms with Crippen LogP contribution < -0.4 is 10.1 Å². The van der Waals surface area contributed by atoms with Crippen molar-refractivity contribution < 1.29 is 28.2 Å². The number of halogens is 2. The first-order chi connectivity index (χ1) is 10.8. The molecular weight excluding hydrogens is 341 g/mol. The number of carbonyl (C=O) groups is 2. The van der Waals surface area contributed by atoms with Gasteiger partial charge in [0, 0.05) is 6.07 Å². The molecule has 0 bridgehead atoms. The number of hydrogen-bond acceptors (Lipinski definition) is 5. The van der Waals surface area contributed by atoms with Gasteiger partial charge >= 0.3 is 12.2 Å². The second-order valence-corrected chi connectivity index (χ2v) is 7.36. The van der Waals surface area contributed by atoms with Crippen molar-refractivity contribution in [3.8, 4) is 5.75 Å². The number of nitrogens with one attached hydrogen (secondary N) is 1. The average Bonchev–Trinajstić information content (AvgIpc) is 2.30. The molecular formula is C16H21ClFNO5. The van der Waals surface area contributed by atoms with E-state index in [0.717, 1.165) is 12.1 Å². The highest BCUT2D eigenvalue weighted by molar-refractivity contribution is 6.32. The topological polar surface area (TPSA) is 73.9 Å². The van der Waals surface area contributed by atoms with Crippen LogP contribution in [0.3, 0.4) is 0 Å². The summed E-state index contributed by atoms with van der Waals surface area (Å²) in [4.78, 5) is 23.3. The standard InChI is InChI=1S/C16H21ClFNO5/c1-15(2,3)23-13(20)19-11-7-9(17)12(8-10(11)18)22-14(21)24-16(4,5)6/h7-8H,1-6H3,(H,19,20). The molecule has 1 aromatic carbocycles. The van der Waals surface area contributed by atoms with E-state index in [1.54, 1.807) is 41.5 Å². The van der Waals surface area contributed by atoms with Crippen molar-refractivity contribution in [2.75, 3.05) is 5.32 Å². The molecule has 0 radical (unpaired) electrons. The summed E-state index contributed by atoms with van der Waals surface area (Å²) >= 11 is 5.94. The maximum atomic E-state index is 14.1. The largest absolute Gasteiger partial charge is 0.514 e. The minimum Gasteiger partial charge on any atom is -0.444 e. The predicted octanol–water partition coefficient (Wildman–Crippen LogP) is 5.14. The minimum absolute atomic E-state index is 0.0756. The van der Waals surface area contributed by atoms with Crippen LogP contribution in [0.5, 0.6) is 5.75 Å². The van der Waals surface area contributed by atoms with Gasteiger partial charge < -0.3 is 14.2 Å². The summed E-state index contributed by atoms with van der Waals surface area (Å²) in [5.74, 6) is -1.07. The maximum Gasteiger partial charge on any atom is 0.514 e. The molecule has 0 atom stereocenters. The van der Waals surface area contributed by atoms with Gasteiger partial charge in [-0.2, -0.15) is 0 Å². The molecule has 0 aliphatic heterocycles. The number of anilines is 1. The molecule has 0 fully saturated rings. The summed E-state index contributed by atoms with van der Waals surface area (Å²) in [6.07, 6.45) is -1.85. The summed E-state index contributed by atoms with van der Waals surface area (Å²) in [5.41, 5.74) is -1.70. The van der Waals surface area contributed by atoms with Crippen LogP contribution in [0.2, 0.25) is 5.02 Å². The van der Waals surface area contributed by atoms with Crippen molar-refractivity contribution in [3.05, 3.63) is 23.0 Å². The van der Waals surface area contributed by atoms with E-state index in [1.807, 2.05) is 0 Å². The van der Waals surface area contributed by atoms with Gasteiger partial charge in [0.15, 0.2) is 11.6 Å². The van der Waals surface area contributed by atoms with Gasteiger partial charge in [-0.3, -0.25) is 5.32 Å². The SMILES string of the molecule is CC(C)(C)OC(=O)Nc1cc(Cl)c(OC(=O)OC(C)(C)C)cc1F. The highest BCUT2D eigenvalue weighted by atomic mass is 35.5. The Balaban J connectivity index is 2.86. The number of benzene rings is 1. The number of ether oxygens (including phenoxy) is 3. The lowest BCUT2D eigenvalue weighted by Crippen LogP contribution is -2.27. The van der Waals surface area contributed by atoms with Gasteiger partial charge in [-0.1, -0.05) is 11.6 Å². The fourth-order valence-corrected chi connectivity index (χ4v) is 1.68. The lowest BCUT2D eigenvalue weighted by molar-refractivity contribution is 0.0205. The molecule has 24 heavy (non-hydrogen) atoms. The van der Waals surface area contributed by atoms with Gasteiger partial charge in [0.05, 0.1) is 10.7 Å². The monoisotopic (exact) mass is 361 g/mol. The second-order valence-electron chi connectivity index (χ2n) is 6.96. The number of hydrogen-bond donors (Lipinski definition) is 1. The third kappa shape index (κ3) is 7.04. The van der Waals surface area contributed by atoms with Crippen molar-refractivity contribution in [2.24, 2.45) is 0 Å². The van der Waals surface area contributed by atoms with Crippen LogP contribution in [0, 0.1) is 5.82 Å². The highest BCUT2D eigenvalue weighted by Gasteiger charge is 2.22. The fraction of sp³-hybridized carbons (Fsp3) is 0.500. The van der Waals surface area contributed by atoms with Crippen LogP contribution in [-0.4, -0.2) is 23.5 Å². The zero-order valence-corrected chi connectivity index (χ0v) is 15.2. The van der Waals surface area contributed by atoms with Gasteiger partial charge in [0.25, 0.3) is 0 Å². The molecule has 1 N–H and O–H groups in total. The number of rotatable bonds is 2. The van der Waals surface area contributed by atoms with E-state index < -0.39 is 29.3 Å². The first-order valence-corrected chi connectivity index (χ1v) is 7.54. The first kappa shape index (κ1) is 20.0. The van der Waals surface area contributed by atoms with Gasteiger partial charge in [0.1, 0.15) is 11.2 Å². The Kier molecular flexibility index (Phi) is 6.05. The average molecular weight is 362 g/mol. The van der Waals surface area contributed by atoms with E-state index in [4.69, 9.17) is 25.8 Å². The Labute approximate surface area is 145 Å². The third-order valence-electron chi connectivity index (χ3n) is 2.24. The fourth-order valence-electron chi connectivity index (χ4n) is 1.48. The van der Waals surface area contributed by atoms with E-state index in [-0.39, 0.29) is 16.5 Å². The van der Waals surface area contributed by atoms with Crippen LogP contribution in [0.15, 0.2) is 12.1 Å². The Morgan fingerprint density at radius 3 is 2.08 bits per heavy atom.